The van der Waals surface area contributed by atoms with Crippen LogP contribution in [-0.4, -0.2) is 82.5 Å². The lowest BCUT2D eigenvalue weighted by molar-refractivity contribution is -0.0901. The van der Waals surface area contributed by atoms with Crippen LogP contribution in [0.1, 0.15) is 41.6 Å². The zero-order chi connectivity index (χ0) is 34.0. The number of halogens is 2. The van der Waals surface area contributed by atoms with Crippen molar-refractivity contribution >= 4 is 17.8 Å². The summed E-state index contributed by atoms with van der Waals surface area (Å²) in [7, 11) is 3.20. The van der Waals surface area contributed by atoms with E-state index in [4.69, 9.17) is 9.84 Å². The molecule has 1 aromatic carbocycles. The SMILES string of the molecule is COCCN1C[C@@H](NC(=O)Nc2c(C)c(-c3cc(C(=O)NC4CC(F)(F)C4)c(=O)n(C)c3)nn2-c2ccccc2)[C@H](C2=CC=CCC2)C1. The maximum atomic E-state index is 13.7. The second kappa shape index (κ2) is 13.9. The number of carbonyl (C=O) groups is 2. The predicted octanol–water partition coefficient (Wildman–Crippen LogP) is 4.42. The Labute approximate surface area is 277 Å². The number of alkyl halides is 2. The van der Waals surface area contributed by atoms with E-state index in [1.165, 1.54) is 23.3 Å². The molecule has 13 heteroatoms. The van der Waals surface area contributed by atoms with Gasteiger partial charge >= 0.3 is 6.03 Å². The second-order valence-corrected chi connectivity index (χ2v) is 12.8. The van der Waals surface area contributed by atoms with Gasteiger partial charge in [-0.15, -0.1) is 0 Å². The number of nitrogens with one attached hydrogen (secondary N) is 3. The van der Waals surface area contributed by atoms with Crippen molar-refractivity contribution in [2.75, 3.05) is 38.7 Å². The number of anilines is 1. The Morgan fingerprint density at radius 3 is 2.58 bits per heavy atom. The minimum absolute atomic E-state index is 0.118. The Morgan fingerprint density at radius 2 is 1.90 bits per heavy atom. The number of amides is 3. The normalized spacial score (nSPS) is 20.6. The zero-order valence-electron chi connectivity index (χ0n) is 27.3. The number of hydrogen-bond acceptors (Lipinski definition) is 6. The molecule has 1 saturated heterocycles. The molecule has 0 bridgehead atoms. The molecule has 11 nitrogen and oxygen atoms in total. The quantitative estimate of drug-likeness (QED) is 0.296. The van der Waals surface area contributed by atoms with E-state index in [1.54, 1.807) is 18.0 Å². The van der Waals surface area contributed by atoms with Crippen molar-refractivity contribution in [2.45, 2.75) is 50.6 Å². The van der Waals surface area contributed by atoms with Gasteiger partial charge in [-0.05, 0) is 38.0 Å². The van der Waals surface area contributed by atoms with Crippen LogP contribution in [0.4, 0.5) is 19.4 Å². The lowest BCUT2D eigenvalue weighted by Gasteiger charge is -2.35. The van der Waals surface area contributed by atoms with E-state index in [9.17, 15) is 23.2 Å². The fourth-order valence-electron chi connectivity index (χ4n) is 6.76. The summed E-state index contributed by atoms with van der Waals surface area (Å²) < 4.78 is 35.0. The van der Waals surface area contributed by atoms with Gasteiger partial charge in [-0.1, -0.05) is 42.0 Å². The topological polar surface area (TPSA) is 123 Å². The fourth-order valence-corrected chi connectivity index (χ4v) is 6.76. The van der Waals surface area contributed by atoms with Gasteiger partial charge in [0.2, 0.25) is 0 Å². The van der Waals surface area contributed by atoms with Crippen molar-refractivity contribution in [1.82, 2.24) is 29.9 Å². The number of ether oxygens (including phenoxy) is 1. The van der Waals surface area contributed by atoms with Crippen LogP contribution < -0.4 is 21.5 Å². The molecule has 3 aliphatic rings. The Balaban J connectivity index is 1.29. The molecular weight excluding hydrogens is 620 g/mol. The number of methoxy groups -OCH3 is 1. The average Bonchev–Trinajstić information content (AvgIpc) is 3.61. The van der Waals surface area contributed by atoms with Gasteiger partial charge < -0.3 is 19.9 Å². The molecule has 0 radical (unpaired) electrons. The molecule has 3 heterocycles. The maximum Gasteiger partial charge on any atom is 0.320 e. The number of rotatable bonds is 10. The van der Waals surface area contributed by atoms with Crippen molar-refractivity contribution in [3.63, 3.8) is 0 Å². The Kier molecular flexibility index (Phi) is 9.61. The van der Waals surface area contributed by atoms with Crippen LogP contribution in [0.3, 0.4) is 0 Å². The molecule has 2 aromatic heterocycles. The number of nitrogens with zero attached hydrogens (tertiary/aromatic N) is 4. The van der Waals surface area contributed by atoms with Crippen LogP contribution in [-0.2, 0) is 11.8 Å². The van der Waals surface area contributed by atoms with Crippen LogP contribution in [0, 0.1) is 12.8 Å². The lowest BCUT2D eigenvalue weighted by atomic mass is 9.88. The van der Waals surface area contributed by atoms with E-state index in [1.807, 2.05) is 37.3 Å². The molecule has 1 saturated carbocycles. The number of hydrogen-bond donors (Lipinski definition) is 3. The van der Waals surface area contributed by atoms with Gasteiger partial charge in [0.1, 0.15) is 11.4 Å². The Bertz CT molecular complexity index is 1790. The molecule has 48 heavy (non-hydrogen) atoms. The Hall–Kier alpha value is -4.62. The first-order valence-corrected chi connectivity index (χ1v) is 16.2. The van der Waals surface area contributed by atoms with Gasteiger partial charge in [-0.3, -0.25) is 19.8 Å². The summed E-state index contributed by atoms with van der Waals surface area (Å²) in [6.45, 7) is 4.69. The maximum absolute atomic E-state index is 13.7. The third kappa shape index (κ3) is 7.12. The largest absolute Gasteiger partial charge is 0.383 e. The molecule has 3 amide bonds. The molecular formula is C35H41F2N7O4. The van der Waals surface area contributed by atoms with E-state index >= 15 is 0 Å². The van der Waals surface area contributed by atoms with Gasteiger partial charge in [0.05, 0.1) is 24.0 Å². The minimum Gasteiger partial charge on any atom is -0.383 e. The molecule has 6 rings (SSSR count). The molecule has 0 unspecified atom stereocenters. The van der Waals surface area contributed by atoms with Crippen LogP contribution in [0.2, 0.25) is 0 Å². The van der Waals surface area contributed by atoms with E-state index in [2.05, 4.69) is 39.1 Å². The fraction of sp³-hybridized carbons (Fsp3) is 0.429. The number of aromatic nitrogens is 3. The summed E-state index contributed by atoms with van der Waals surface area (Å²) in [5.41, 5.74) is 2.78. The van der Waals surface area contributed by atoms with Crippen LogP contribution >= 0.6 is 0 Å². The minimum atomic E-state index is -2.81. The smallest absolute Gasteiger partial charge is 0.320 e. The van der Waals surface area contributed by atoms with E-state index in [0.29, 0.717) is 41.5 Å². The zero-order valence-corrected chi connectivity index (χ0v) is 27.3. The third-order valence-electron chi connectivity index (χ3n) is 9.33. The number of pyridine rings is 1. The molecule has 2 fully saturated rings. The van der Waals surface area contributed by atoms with Gasteiger partial charge in [0.15, 0.2) is 0 Å². The van der Waals surface area contributed by atoms with Crippen LogP contribution in [0.15, 0.2) is 71.2 Å². The molecule has 2 atom stereocenters. The van der Waals surface area contributed by atoms with Gasteiger partial charge in [0, 0.05) is 75.9 Å². The first-order chi connectivity index (χ1) is 23.0. The molecule has 1 aliphatic heterocycles. The Morgan fingerprint density at radius 1 is 1.12 bits per heavy atom. The van der Waals surface area contributed by atoms with E-state index in [-0.39, 0.29) is 23.6 Å². The highest BCUT2D eigenvalue weighted by atomic mass is 19.3. The van der Waals surface area contributed by atoms with Crippen LogP contribution in [0.25, 0.3) is 16.9 Å². The van der Waals surface area contributed by atoms with Crippen molar-refractivity contribution in [1.29, 1.82) is 0 Å². The number of para-hydroxylation sites is 1. The summed E-state index contributed by atoms with van der Waals surface area (Å²) in [6.07, 6.45) is 8.96. The van der Waals surface area contributed by atoms with E-state index < -0.39 is 36.3 Å². The predicted molar refractivity (Wildman–Crippen MR) is 179 cm³/mol. The van der Waals surface area contributed by atoms with Crippen molar-refractivity contribution in [3.8, 4) is 16.9 Å². The summed E-state index contributed by atoms with van der Waals surface area (Å²) in [5, 5.41) is 13.7. The summed E-state index contributed by atoms with van der Waals surface area (Å²) in [6, 6.07) is 9.54. The average molecular weight is 662 g/mol. The second-order valence-electron chi connectivity index (χ2n) is 12.8. The number of likely N-dealkylation sites (tertiary alicyclic amines) is 1. The molecule has 3 N–H and O–H groups in total. The van der Waals surface area contributed by atoms with Crippen molar-refractivity contribution < 1.29 is 23.1 Å². The number of aryl methyl sites for hydroxylation is 1. The molecule has 3 aromatic rings. The highest BCUT2D eigenvalue weighted by Gasteiger charge is 2.46. The lowest BCUT2D eigenvalue weighted by Crippen LogP contribution is -2.51. The summed E-state index contributed by atoms with van der Waals surface area (Å²) in [5.74, 6) is -2.94. The molecule has 0 spiro atoms. The summed E-state index contributed by atoms with van der Waals surface area (Å²) >= 11 is 0. The number of urea groups is 1. The summed E-state index contributed by atoms with van der Waals surface area (Å²) in [4.78, 5) is 42.1. The van der Waals surface area contributed by atoms with Crippen molar-refractivity contribution in [2.24, 2.45) is 13.0 Å². The first kappa shape index (κ1) is 33.3. The molecule has 254 valence electrons. The van der Waals surface area contributed by atoms with Gasteiger partial charge in [-0.2, -0.15) is 5.10 Å². The van der Waals surface area contributed by atoms with E-state index in [0.717, 1.165) is 25.9 Å². The number of allylic oxidation sites excluding steroid dienone is 3. The third-order valence-corrected chi connectivity index (χ3v) is 9.33. The van der Waals surface area contributed by atoms with Crippen molar-refractivity contribution in [3.05, 3.63) is 87.9 Å². The standard InChI is InChI=1S/C35H41F2N7O4/c1-22-30(24-16-27(33(46)42(2)19-24)32(45)38-25-17-35(36,37)18-25)41-44(26-12-8-5-9-13-26)31(22)40-34(47)39-29-21-43(14-15-48-3)20-28(29)23-10-6-4-7-11-23/h4-6,8-10,12-13,16,19,25,28-29H,7,11,14-15,17-18,20-21H2,1-3H3,(H,38,45)(H2,39,40,47)/t28-,29+/m0/s1. The van der Waals surface area contributed by atoms with Gasteiger partial charge in [0.25, 0.3) is 17.4 Å². The number of benzene rings is 1. The highest BCUT2D eigenvalue weighted by Crippen LogP contribution is 2.37. The number of carbonyl (C=O) groups excluding carboxylic acids is 2. The van der Waals surface area contributed by atoms with Crippen LogP contribution in [0.5, 0.6) is 0 Å². The molecule has 2 aliphatic carbocycles. The monoisotopic (exact) mass is 661 g/mol. The highest BCUT2D eigenvalue weighted by molar-refractivity contribution is 5.96. The first-order valence-electron chi connectivity index (χ1n) is 16.2. The van der Waals surface area contributed by atoms with Gasteiger partial charge in [-0.25, -0.2) is 18.3 Å².